The first-order valence-electron chi connectivity index (χ1n) is 9.22. The molecule has 0 aromatic heterocycles. The molecule has 0 radical (unpaired) electrons. The van der Waals surface area contributed by atoms with E-state index in [1.165, 1.54) is 48.5 Å². The van der Waals surface area contributed by atoms with Crippen LogP contribution in [0.25, 0.3) is 0 Å². The highest BCUT2D eigenvalue weighted by Gasteiger charge is 2.34. The van der Waals surface area contributed by atoms with Gasteiger partial charge in [0.05, 0.1) is 16.0 Å². The summed E-state index contributed by atoms with van der Waals surface area (Å²) in [5, 5.41) is 32.2. The molecule has 3 rings (SSSR count). The van der Waals surface area contributed by atoms with Gasteiger partial charge in [0.15, 0.2) is 6.29 Å². The molecule has 0 spiro atoms. The van der Waals surface area contributed by atoms with Gasteiger partial charge in [0.2, 0.25) is 0 Å². The summed E-state index contributed by atoms with van der Waals surface area (Å²) in [6.07, 6.45) is 0.461. The van der Waals surface area contributed by atoms with Crippen LogP contribution in [0, 0.1) is 26.1 Å². The second-order valence-electron chi connectivity index (χ2n) is 6.92. The number of hydrogen-bond acceptors (Lipinski definition) is 7. The van der Waals surface area contributed by atoms with Crippen LogP contribution in [0.1, 0.15) is 49.2 Å². The van der Waals surface area contributed by atoms with Crippen molar-refractivity contribution in [2.75, 3.05) is 0 Å². The van der Waals surface area contributed by atoms with Crippen LogP contribution >= 0.6 is 0 Å². The predicted molar refractivity (Wildman–Crippen MR) is 102 cm³/mol. The molecule has 1 fully saturated rings. The number of benzene rings is 2. The second-order valence-corrected chi connectivity index (χ2v) is 6.92. The summed E-state index contributed by atoms with van der Waals surface area (Å²) in [7, 11) is 0. The van der Waals surface area contributed by atoms with Crippen molar-refractivity contribution < 1.29 is 24.5 Å². The molecule has 3 atom stereocenters. The zero-order valence-electron chi connectivity index (χ0n) is 15.5. The molecular weight excluding hydrogens is 380 g/mol. The highest BCUT2D eigenvalue weighted by atomic mass is 16.6. The maximum atomic E-state index is 12.5. The van der Waals surface area contributed by atoms with Crippen LogP contribution in [0.3, 0.4) is 0 Å². The van der Waals surface area contributed by atoms with Crippen LogP contribution in [-0.4, -0.2) is 20.7 Å². The quantitative estimate of drug-likeness (QED) is 0.422. The summed E-state index contributed by atoms with van der Waals surface area (Å²) >= 11 is 0. The largest absolute Gasteiger partial charge is 0.364 e. The van der Waals surface area contributed by atoms with Crippen LogP contribution in [0.5, 0.6) is 0 Å². The zero-order chi connectivity index (χ0) is 21.0. The molecule has 29 heavy (non-hydrogen) atoms. The Kier molecular flexibility index (Phi) is 6.30. The van der Waals surface area contributed by atoms with Gasteiger partial charge in [0.25, 0.3) is 11.4 Å². The molecule has 9 heteroatoms. The molecule has 152 valence electrons. The molecule has 1 aliphatic rings. The smallest absolute Gasteiger partial charge is 0.269 e. The average molecular weight is 400 g/mol. The lowest BCUT2D eigenvalue weighted by molar-refractivity contribution is -0.385. The van der Waals surface area contributed by atoms with E-state index < -0.39 is 28.2 Å². The number of non-ortho nitro benzene ring substituents is 2. The van der Waals surface area contributed by atoms with Crippen molar-refractivity contribution in [2.45, 2.75) is 38.1 Å². The van der Waals surface area contributed by atoms with E-state index in [0.29, 0.717) is 24.0 Å². The average Bonchev–Trinajstić information content (AvgIpc) is 2.72. The third-order valence-electron chi connectivity index (χ3n) is 5.06. The number of hydrogen-bond donors (Lipinski definition) is 1. The van der Waals surface area contributed by atoms with E-state index in [1.807, 2.05) is 0 Å². The number of ether oxygens (including phenoxy) is 1. The SMILES string of the molecule is O=C1CCCCC1C(OC(O)c1ccc([N+](=O)[O-])cc1)c1ccc([N+](=O)[O-])cc1. The third-order valence-corrected chi connectivity index (χ3v) is 5.06. The van der Waals surface area contributed by atoms with E-state index >= 15 is 0 Å². The summed E-state index contributed by atoms with van der Waals surface area (Å²) < 4.78 is 5.83. The Morgan fingerprint density at radius 1 is 0.897 bits per heavy atom. The van der Waals surface area contributed by atoms with E-state index in [2.05, 4.69) is 0 Å². The zero-order valence-corrected chi connectivity index (χ0v) is 15.5. The number of carbonyl (C=O) groups is 1. The summed E-state index contributed by atoms with van der Waals surface area (Å²) in [6, 6.07) is 11.0. The Bertz CT molecular complexity index is 896. The minimum atomic E-state index is -1.41. The van der Waals surface area contributed by atoms with Crippen LogP contribution in [-0.2, 0) is 9.53 Å². The van der Waals surface area contributed by atoms with Crippen molar-refractivity contribution in [2.24, 2.45) is 5.92 Å². The summed E-state index contributed by atoms with van der Waals surface area (Å²) in [5.74, 6) is -0.451. The van der Waals surface area contributed by atoms with Crippen molar-refractivity contribution >= 4 is 17.2 Å². The Labute approximate surface area is 166 Å². The van der Waals surface area contributed by atoms with Crippen molar-refractivity contribution in [3.63, 3.8) is 0 Å². The predicted octanol–water partition coefficient (Wildman–Crippen LogP) is 4.01. The molecule has 0 bridgehead atoms. The fourth-order valence-corrected chi connectivity index (χ4v) is 3.50. The number of nitro benzene ring substituents is 2. The maximum Gasteiger partial charge on any atom is 0.269 e. The lowest BCUT2D eigenvalue weighted by Gasteiger charge is -2.31. The Morgan fingerprint density at radius 3 is 1.90 bits per heavy atom. The number of aliphatic hydroxyl groups is 1. The van der Waals surface area contributed by atoms with Gasteiger partial charge in [-0.05, 0) is 42.7 Å². The minimum Gasteiger partial charge on any atom is -0.364 e. The minimum absolute atomic E-state index is 0.0236. The van der Waals surface area contributed by atoms with E-state index in [1.54, 1.807) is 0 Å². The van der Waals surface area contributed by atoms with Gasteiger partial charge in [0, 0.05) is 42.2 Å². The lowest BCUT2D eigenvalue weighted by atomic mass is 9.81. The standard InChI is InChI=1S/C20H20N2O7/c23-18-4-2-1-3-17(18)19(13-5-9-15(10-6-13)21(25)26)29-20(24)14-7-11-16(12-8-14)22(27)28/h5-12,17,19-20,24H,1-4H2. The van der Waals surface area contributed by atoms with Crippen molar-refractivity contribution in [3.05, 3.63) is 79.9 Å². The van der Waals surface area contributed by atoms with Crippen LogP contribution in [0.15, 0.2) is 48.5 Å². The summed E-state index contributed by atoms with van der Waals surface area (Å²) in [5.41, 5.74) is 0.663. The molecule has 3 unspecified atom stereocenters. The lowest BCUT2D eigenvalue weighted by Crippen LogP contribution is -2.28. The fraction of sp³-hybridized carbons (Fsp3) is 0.350. The molecular formula is C20H20N2O7. The van der Waals surface area contributed by atoms with E-state index in [-0.39, 0.29) is 17.2 Å². The van der Waals surface area contributed by atoms with Crippen molar-refractivity contribution in [1.82, 2.24) is 0 Å². The Morgan fingerprint density at radius 2 is 1.41 bits per heavy atom. The fourth-order valence-electron chi connectivity index (χ4n) is 3.50. The molecule has 0 amide bonds. The number of ketones is 1. The number of Topliss-reactive ketones (excluding diaryl/α,β-unsaturated/α-hetero) is 1. The second kappa shape index (κ2) is 8.89. The molecule has 0 saturated heterocycles. The first-order valence-corrected chi connectivity index (χ1v) is 9.22. The summed E-state index contributed by atoms with van der Waals surface area (Å²) in [6.45, 7) is 0. The highest BCUT2D eigenvalue weighted by molar-refractivity contribution is 5.82. The molecule has 1 saturated carbocycles. The third kappa shape index (κ3) is 4.82. The van der Waals surface area contributed by atoms with Gasteiger partial charge in [-0.2, -0.15) is 0 Å². The van der Waals surface area contributed by atoms with Crippen LogP contribution < -0.4 is 0 Å². The molecule has 9 nitrogen and oxygen atoms in total. The molecule has 2 aromatic carbocycles. The van der Waals surface area contributed by atoms with Gasteiger partial charge < -0.3 is 9.84 Å². The van der Waals surface area contributed by atoms with E-state index in [9.17, 15) is 30.1 Å². The maximum absolute atomic E-state index is 12.5. The molecule has 0 heterocycles. The van der Waals surface area contributed by atoms with Gasteiger partial charge in [0.1, 0.15) is 5.78 Å². The summed E-state index contributed by atoms with van der Waals surface area (Å²) in [4.78, 5) is 33.1. The van der Waals surface area contributed by atoms with Gasteiger partial charge in [-0.15, -0.1) is 0 Å². The van der Waals surface area contributed by atoms with Gasteiger partial charge >= 0.3 is 0 Å². The monoisotopic (exact) mass is 400 g/mol. The Balaban J connectivity index is 1.86. The van der Waals surface area contributed by atoms with Crippen LogP contribution in [0.2, 0.25) is 0 Å². The molecule has 2 aromatic rings. The van der Waals surface area contributed by atoms with Gasteiger partial charge in [-0.3, -0.25) is 25.0 Å². The molecule has 0 aliphatic heterocycles. The normalized spacial score (nSPS) is 18.8. The van der Waals surface area contributed by atoms with Crippen molar-refractivity contribution in [1.29, 1.82) is 0 Å². The first-order chi connectivity index (χ1) is 13.9. The molecule has 1 N–H and O–H groups in total. The van der Waals surface area contributed by atoms with Crippen LogP contribution in [0.4, 0.5) is 11.4 Å². The number of nitro groups is 2. The first kappa shape index (κ1) is 20.6. The number of aliphatic hydroxyl groups excluding tert-OH is 1. The highest BCUT2D eigenvalue weighted by Crippen LogP contribution is 2.38. The van der Waals surface area contributed by atoms with Crippen molar-refractivity contribution in [3.8, 4) is 0 Å². The van der Waals surface area contributed by atoms with Gasteiger partial charge in [-0.1, -0.05) is 6.42 Å². The topological polar surface area (TPSA) is 133 Å². The molecule has 1 aliphatic carbocycles. The number of rotatable bonds is 7. The van der Waals surface area contributed by atoms with Gasteiger partial charge in [-0.25, -0.2) is 0 Å². The Hall–Kier alpha value is -3.17. The van der Waals surface area contributed by atoms with E-state index in [4.69, 9.17) is 4.74 Å². The number of nitrogens with zero attached hydrogens (tertiary/aromatic N) is 2. The number of carbonyl (C=O) groups excluding carboxylic acids is 1. The van der Waals surface area contributed by atoms with E-state index in [0.717, 1.165) is 12.8 Å².